The summed E-state index contributed by atoms with van der Waals surface area (Å²) in [4.78, 5) is 0. The Morgan fingerprint density at radius 3 is 2.72 bits per heavy atom. The van der Waals surface area contributed by atoms with Gasteiger partial charge in [-0.3, -0.25) is 10.8 Å². The van der Waals surface area contributed by atoms with Crippen LogP contribution < -0.4 is 11.2 Å². The third-order valence-corrected chi connectivity index (χ3v) is 3.77. The van der Waals surface area contributed by atoms with Crippen LogP contribution in [0.2, 0.25) is 5.02 Å². The molecule has 0 aliphatic carbocycles. The molecule has 94 valence electrons. The predicted octanol–water partition coefficient (Wildman–Crippen LogP) is 3.23. The van der Waals surface area contributed by atoms with Gasteiger partial charge in [0.25, 0.3) is 0 Å². The summed E-state index contributed by atoms with van der Waals surface area (Å²) >= 11 is 11.9. The first kappa shape index (κ1) is 14.9. The fourth-order valence-electron chi connectivity index (χ4n) is 0.926. The molecular formula is C9H5Br2ClFN5. The maximum atomic E-state index is 13.3. The minimum Gasteiger partial charge on any atom is -0.382 e. The summed E-state index contributed by atoms with van der Waals surface area (Å²) < 4.78 is 13.8. The van der Waals surface area contributed by atoms with Gasteiger partial charge in [-0.2, -0.15) is 10.4 Å². The number of benzene rings is 1. The average molecular weight is 397 g/mol. The van der Waals surface area contributed by atoms with E-state index in [-0.39, 0.29) is 15.2 Å². The first-order chi connectivity index (χ1) is 8.38. The Morgan fingerprint density at radius 1 is 1.61 bits per heavy atom. The van der Waals surface area contributed by atoms with Gasteiger partial charge >= 0.3 is 0 Å². The normalized spacial score (nSPS) is 10.9. The molecule has 0 bridgehead atoms. The number of nitrogens with one attached hydrogen (secondary N) is 2. The molecule has 1 aromatic rings. The van der Waals surface area contributed by atoms with Gasteiger partial charge in [-0.15, -0.1) is 0 Å². The largest absolute Gasteiger partial charge is 0.382 e. The number of nitriles is 1. The topological polar surface area (TPSA) is 98.0 Å². The van der Waals surface area contributed by atoms with E-state index < -0.39 is 11.7 Å². The van der Waals surface area contributed by atoms with Crippen molar-refractivity contribution in [1.82, 2.24) is 0 Å². The maximum Gasteiger partial charge on any atom is 0.201 e. The summed E-state index contributed by atoms with van der Waals surface area (Å²) in [6.07, 6.45) is 0. The van der Waals surface area contributed by atoms with Crippen LogP contribution >= 0.6 is 43.5 Å². The van der Waals surface area contributed by atoms with Crippen molar-refractivity contribution in [3.8, 4) is 6.07 Å². The van der Waals surface area contributed by atoms with Crippen molar-refractivity contribution in [2.75, 3.05) is 5.43 Å². The van der Waals surface area contributed by atoms with Gasteiger partial charge in [0, 0.05) is 4.47 Å². The van der Waals surface area contributed by atoms with Crippen molar-refractivity contribution >= 4 is 60.7 Å². The molecule has 0 aliphatic rings. The quantitative estimate of drug-likeness (QED) is 0.240. The van der Waals surface area contributed by atoms with Gasteiger partial charge in [-0.05, 0) is 37.9 Å². The van der Waals surface area contributed by atoms with Crippen molar-refractivity contribution in [3.05, 3.63) is 25.9 Å². The summed E-state index contributed by atoms with van der Waals surface area (Å²) in [5.41, 5.74) is 7.62. The zero-order chi connectivity index (χ0) is 13.9. The molecule has 5 nitrogen and oxygen atoms in total. The van der Waals surface area contributed by atoms with Crippen LogP contribution in [0.15, 0.2) is 20.1 Å². The molecule has 1 aromatic carbocycles. The highest BCUT2D eigenvalue weighted by atomic mass is 79.9. The highest BCUT2D eigenvalue weighted by molar-refractivity contribution is 9.11. The molecule has 0 heterocycles. The molecule has 0 unspecified atom stereocenters. The molecule has 0 saturated carbocycles. The van der Waals surface area contributed by atoms with Gasteiger partial charge in [-0.25, -0.2) is 4.39 Å². The Balaban J connectivity index is 3.18. The van der Waals surface area contributed by atoms with E-state index in [2.05, 4.69) is 42.4 Å². The zero-order valence-corrected chi connectivity index (χ0v) is 12.5. The number of halogens is 4. The molecule has 1 rings (SSSR count). The van der Waals surface area contributed by atoms with Crippen LogP contribution in [0.1, 0.15) is 0 Å². The minimum absolute atomic E-state index is 0.128. The number of anilines is 1. The highest BCUT2D eigenvalue weighted by Crippen LogP contribution is 2.38. The Bertz CT molecular complexity index is 581. The molecule has 0 amide bonds. The first-order valence-corrected chi connectivity index (χ1v) is 6.26. The molecular weight excluding hydrogens is 392 g/mol. The SMILES string of the molecule is N#C/C(=N\Nc1c(Br)cc(F)c(Cl)c1Br)C(=N)N. The molecule has 9 heteroatoms. The van der Waals surface area contributed by atoms with Crippen molar-refractivity contribution in [3.63, 3.8) is 0 Å². The third kappa shape index (κ3) is 3.19. The second kappa shape index (κ2) is 6.13. The predicted molar refractivity (Wildman–Crippen MR) is 75.4 cm³/mol. The van der Waals surface area contributed by atoms with Crippen LogP contribution in [0, 0.1) is 22.6 Å². The standard InChI is InChI=1S/C9H5Br2ClFN5/c10-3-1-4(13)7(12)6(11)8(3)18-17-5(2-14)9(15)16/h1,18H,(H3,15,16)/b17-5+. The lowest BCUT2D eigenvalue weighted by Crippen LogP contribution is -2.22. The van der Waals surface area contributed by atoms with Crippen molar-refractivity contribution in [2.24, 2.45) is 10.8 Å². The van der Waals surface area contributed by atoms with Crippen molar-refractivity contribution in [1.29, 1.82) is 10.7 Å². The summed E-state index contributed by atoms with van der Waals surface area (Å²) in [5.74, 6) is -1.09. The number of amidine groups is 1. The molecule has 0 fully saturated rings. The summed E-state index contributed by atoms with van der Waals surface area (Å²) in [5, 5.41) is 19.2. The fraction of sp³-hybridized carbons (Fsp3) is 0. The summed E-state index contributed by atoms with van der Waals surface area (Å²) in [6, 6.07) is 2.78. The van der Waals surface area contributed by atoms with E-state index in [0.29, 0.717) is 10.2 Å². The van der Waals surface area contributed by atoms with E-state index in [4.69, 9.17) is 28.0 Å². The Morgan fingerprint density at radius 2 is 2.22 bits per heavy atom. The van der Waals surface area contributed by atoms with Crippen LogP contribution in [0.4, 0.5) is 10.1 Å². The molecule has 0 atom stereocenters. The number of rotatable bonds is 3. The van der Waals surface area contributed by atoms with Gasteiger partial charge in [0.05, 0.1) is 15.2 Å². The third-order valence-electron chi connectivity index (χ3n) is 1.75. The van der Waals surface area contributed by atoms with E-state index in [9.17, 15) is 4.39 Å². The first-order valence-electron chi connectivity index (χ1n) is 4.29. The minimum atomic E-state index is -0.614. The van der Waals surface area contributed by atoms with Gasteiger partial charge < -0.3 is 5.73 Å². The second-order valence-electron chi connectivity index (χ2n) is 2.94. The Kier molecular flexibility index (Phi) is 5.07. The number of nitrogens with zero attached hydrogens (tertiary/aromatic N) is 2. The van der Waals surface area contributed by atoms with Crippen LogP contribution in [0.5, 0.6) is 0 Å². The van der Waals surface area contributed by atoms with Crippen molar-refractivity contribution in [2.45, 2.75) is 0 Å². The monoisotopic (exact) mass is 395 g/mol. The zero-order valence-electron chi connectivity index (χ0n) is 8.56. The highest BCUT2D eigenvalue weighted by Gasteiger charge is 2.14. The fourth-order valence-corrected chi connectivity index (χ4v) is 2.32. The van der Waals surface area contributed by atoms with E-state index >= 15 is 0 Å². The van der Waals surface area contributed by atoms with Crippen LogP contribution in [0.3, 0.4) is 0 Å². The number of hydrazone groups is 1. The van der Waals surface area contributed by atoms with Crippen LogP contribution in [-0.4, -0.2) is 11.5 Å². The number of nitrogens with two attached hydrogens (primary N) is 1. The summed E-state index contributed by atoms with van der Waals surface area (Å²) in [6.45, 7) is 0. The Hall–Kier alpha value is -1.17. The van der Waals surface area contributed by atoms with Crippen molar-refractivity contribution < 1.29 is 4.39 Å². The van der Waals surface area contributed by atoms with Gasteiger partial charge in [-0.1, -0.05) is 11.6 Å². The lowest BCUT2D eigenvalue weighted by molar-refractivity contribution is 0.626. The molecule has 0 radical (unpaired) electrons. The lowest BCUT2D eigenvalue weighted by Gasteiger charge is -2.09. The van der Waals surface area contributed by atoms with Gasteiger partial charge in [0.15, 0.2) is 5.84 Å². The Labute approximate surface area is 124 Å². The molecule has 4 N–H and O–H groups in total. The van der Waals surface area contributed by atoms with Crippen LogP contribution in [-0.2, 0) is 0 Å². The molecule has 0 spiro atoms. The van der Waals surface area contributed by atoms with E-state index in [0.717, 1.165) is 6.07 Å². The molecule has 0 aromatic heterocycles. The second-order valence-corrected chi connectivity index (χ2v) is 4.97. The van der Waals surface area contributed by atoms with Crippen LogP contribution in [0.25, 0.3) is 0 Å². The van der Waals surface area contributed by atoms with Gasteiger partial charge in [0.2, 0.25) is 5.71 Å². The number of hydrogen-bond donors (Lipinski definition) is 3. The van der Waals surface area contributed by atoms with E-state index in [1.54, 1.807) is 6.07 Å². The van der Waals surface area contributed by atoms with E-state index in [1.165, 1.54) is 0 Å². The smallest absolute Gasteiger partial charge is 0.201 e. The summed E-state index contributed by atoms with van der Waals surface area (Å²) in [7, 11) is 0. The van der Waals surface area contributed by atoms with E-state index in [1.807, 2.05) is 0 Å². The molecule has 0 saturated heterocycles. The average Bonchev–Trinajstić information content (AvgIpc) is 2.30. The molecule has 18 heavy (non-hydrogen) atoms. The van der Waals surface area contributed by atoms with Gasteiger partial charge in [0.1, 0.15) is 11.9 Å². The lowest BCUT2D eigenvalue weighted by atomic mass is 10.3. The molecule has 0 aliphatic heterocycles. The number of hydrogen-bond acceptors (Lipinski definition) is 4. The maximum absolute atomic E-state index is 13.3.